The summed E-state index contributed by atoms with van der Waals surface area (Å²) in [6.45, 7) is 0.535. The molecule has 0 aliphatic heterocycles. The smallest absolute Gasteiger partial charge is 0.255 e. The Labute approximate surface area is 166 Å². The van der Waals surface area contributed by atoms with Crippen LogP contribution in [0.25, 0.3) is 0 Å². The number of hydrogen-bond acceptors (Lipinski definition) is 3. The van der Waals surface area contributed by atoms with Crippen LogP contribution in [0.4, 0.5) is 11.4 Å². The van der Waals surface area contributed by atoms with Crippen molar-refractivity contribution < 1.29 is 4.79 Å². The lowest BCUT2D eigenvalue weighted by molar-refractivity contribution is 0.0615. The summed E-state index contributed by atoms with van der Waals surface area (Å²) >= 11 is 6.34. The van der Waals surface area contributed by atoms with Gasteiger partial charge in [0, 0.05) is 38.1 Å². The second-order valence-electron chi connectivity index (χ2n) is 7.49. The van der Waals surface area contributed by atoms with Gasteiger partial charge in [-0.1, -0.05) is 43.0 Å². The van der Waals surface area contributed by atoms with Crippen LogP contribution in [0.1, 0.15) is 48.0 Å². The third kappa shape index (κ3) is 4.56. The van der Waals surface area contributed by atoms with Gasteiger partial charge in [-0.05, 0) is 48.7 Å². The Hall–Kier alpha value is -2.20. The monoisotopic (exact) mass is 385 g/mol. The zero-order valence-electron chi connectivity index (χ0n) is 16.1. The molecule has 0 atom stereocenters. The SMILES string of the molecule is CN(C)c1ccc(N)cc1CN(C(=O)c1ccccc1Cl)C1CCCCC1. The van der Waals surface area contributed by atoms with E-state index in [0.717, 1.165) is 36.9 Å². The van der Waals surface area contributed by atoms with Gasteiger partial charge < -0.3 is 15.5 Å². The van der Waals surface area contributed by atoms with E-state index in [2.05, 4.69) is 4.90 Å². The third-order valence-electron chi connectivity index (χ3n) is 5.31. The molecule has 1 saturated carbocycles. The van der Waals surface area contributed by atoms with Crippen LogP contribution >= 0.6 is 11.6 Å². The average molecular weight is 386 g/mol. The van der Waals surface area contributed by atoms with Crippen molar-refractivity contribution in [3.05, 3.63) is 58.6 Å². The maximum atomic E-state index is 13.4. The minimum absolute atomic E-state index is 0.000342. The number of nitrogen functional groups attached to an aromatic ring is 1. The average Bonchev–Trinajstić information content (AvgIpc) is 2.66. The lowest BCUT2D eigenvalue weighted by atomic mass is 9.93. The molecule has 27 heavy (non-hydrogen) atoms. The molecule has 1 aliphatic rings. The molecule has 144 valence electrons. The summed E-state index contributed by atoms with van der Waals surface area (Å²) in [6, 6.07) is 13.4. The first kappa shape index (κ1) is 19.6. The molecule has 3 rings (SSSR count). The molecule has 1 amide bonds. The zero-order chi connectivity index (χ0) is 19.4. The number of halogens is 1. The minimum atomic E-state index is -0.000342. The van der Waals surface area contributed by atoms with Gasteiger partial charge in [-0.15, -0.1) is 0 Å². The van der Waals surface area contributed by atoms with Gasteiger partial charge in [0.25, 0.3) is 5.91 Å². The summed E-state index contributed by atoms with van der Waals surface area (Å²) in [7, 11) is 4.02. The van der Waals surface area contributed by atoms with Crippen LogP contribution in [0.2, 0.25) is 5.02 Å². The normalized spacial score (nSPS) is 14.8. The highest BCUT2D eigenvalue weighted by atomic mass is 35.5. The Bertz CT molecular complexity index is 800. The van der Waals surface area contributed by atoms with Gasteiger partial charge in [0.05, 0.1) is 10.6 Å². The van der Waals surface area contributed by atoms with Crippen LogP contribution in [0.3, 0.4) is 0 Å². The highest BCUT2D eigenvalue weighted by Gasteiger charge is 2.28. The molecule has 1 aliphatic carbocycles. The number of amides is 1. The number of carbonyl (C=O) groups is 1. The van der Waals surface area contributed by atoms with Crippen molar-refractivity contribution in [2.24, 2.45) is 0 Å². The summed E-state index contributed by atoms with van der Waals surface area (Å²) in [5.41, 5.74) is 9.47. The molecule has 0 unspecified atom stereocenters. The van der Waals surface area contributed by atoms with Gasteiger partial charge >= 0.3 is 0 Å². The Balaban J connectivity index is 1.97. The van der Waals surface area contributed by atoms with Crippen molar-refractivity contribution in [1.82, 2.24) is 4.90 Å². The standard InChI is InChI=1S/C22H28ClN3O/c1-25(2)21-13-12-17(24)14-16(21)15-26(18-8-4-3-5-9-18)22(27)19-10-6-7-11-20(19)23/h6-7,10-14,18H,3-5,8-9,15,24H2,1-2H3. The molecule has 0 radical (unpaired) electrons. The highest BCUT2D eigenvalue weighted by Crippen LogP contribution is 2.30. The fourth-order valence-corrected chi connectivity index (χ4v) is 4.12. The van der Waals surface area contributed by atoms with Crippen molar-refractivity contribution in [1.29, 1.82) is 0 Å². The molecular formula is C22H28ClN3O. The molecule has 1 fully saturated rings. The molecule has 0 saturated heterocycles. The molecule has 0 aromatic heterocycles. The number of nitrogens with two attached hydrogens (primary N) is 1. The summed E-state index contributed by atoms with van der Waals surface area (Å²) in [6.07, 6.45) is 5.64. The quantitative estimate of drug-likeness (QED) is 0.739. The Morgan fingerprint density at radius 2 is 1.81 bits per heavy atom. The first-order valence-corrected chi connectivity index (χ1v) is 9.96. The third-order valence-corrected chi connectivity index (χ3v) is 5.64. The van der Waals surface area contributed by atoms with Crippen LogP contribution in [0.15, 0.2) is 42.5 Å². The van der Waals surface area contributed by atoms with Gasteiger partial charge in [0.15, 0.2) is 0 Å². The van der Waals surface area contributed by atoms with Gasteiger partial charge in [0.1, 0.15) is 0 Å². The van der Waals surface area contributed by atoms with E-state index in [1.54, 1.807) is 6.07 Å². The predicted molar refractivity (Wildman–Crippen MR) is 113 cm³/mol. The van der Waals surface area contributed by atoms with Crippen molar-refractivity contribution in [2.75, 3.05) is 24.7 Å². The van der Waals surface area contributed by atoms with E-state index in [1.807, 2.05) is 55.4 Å². The first-order valence-electron chi connectivity index (χ1n) is 9.58. The fraction of sp³-hybridized carbons (Fsp3) is 0.409. The Morgan fingerprint density at radius 1 is 1.11 bits per heavy atom. The first-order chi connectivity index (χ1) is 13.0. The second-order valence-corrected chi connectivity index (χ2v) is 7.89. The van der Waals surface area contributed by atoms with E-state index < -0.39 is 0 Å². The lowest BCUT2D eigenvalue weighted by Crippen LogP contribution is -2.41. The molecule has 5 heteroatoms. The highest BCUT2D eigenvalue weighted by molar-refractivity contribution is 6.33. The maximum Gasteiger partial charge on any atom is 0.255 e. The van der Waals surface area contributed by atoms with Crippen molar-refractivity contribution in [3.63, 3.8) is 0 Å². The van der Waals surface area contributed by atoms with Crippen LogP contribution in [-0.2, 0) is 6.54 Å². The molecule has 2 N–H and O–H groups in total. The van der Waals surface area contributed by atoms with Crippen molar-refractivity contribution in [2.45, 2.75) is 44.7 Å². The maximum absolute atomic E-state index is 13.4. The fourth-order valence-electron chi connectivity index (χ4n) is 3.90. The van der Waals surface area contributed by atoms with Crippen LogP contribution in [-0.4, -0.2) is 30.9 Å². The number of rotatable bonds is 5. The number of anilines is 2. The number of benzene rings is 2. The van der Waals surface area contributed by atoms with Gasteiger partial charge in [0.2, 0.25) is 0 Å². The van der Waals surface area contributed by atoms with Crippen LogP contribution in [0, 0.1) is 0 Å². The molecule has 0 bridgehead atoms. The molecule has 2 aromatic carbocycles. The number of carbonyl (C=O) groups excluding carboxylic acids is 1. The minimum Gasteiger partial charge on any atom is -0.399 e. The van der Waals surface area contributed by atoms with Crippen molar-refractivity contribution in [3.8, 4) is 0 Å². The number of nitrogens with zero attached hydrogens (tertiary/aromatic N) is 2. The van der Waals surface area contributed by atoms with E-state index in [0.29, 0.717) is 22.8 Å². The summed E-state index contributed by atoms with van der Waals surface area (Å²) < 4.78 is 0. The predicted octanol–water partition coefficient (Wildman–Crippen LogP) is 4.96. The topological polar surface area (TPSA) is 49.6 Å². The largest absolute Gasteiger partial charge is 0.399 e. The molecule has 0 spiro atoms. The second kappa shape index (κ2) is 8.66. The van der Waals surface area contributed by atoms with E-state index in [1.165, 1.54) is 6.42 Å². The lowest BCUT2D eigenvalue weighted by Gasteiger charge is -2.35. The van der Waals surface area contributed by atoms with Crippen LogP contribution < -0.4 is 10.6 Å². The van der Waals surface area contributed by atoms with Crippen molar-refractivity contribution >= 4 is 28.9 Å². The molecule has 0 heterocycles. The Kier molecular flexibility index (Phi) is 6.27. The summed E-state index contributed by atoms with van der Waals surface area (Å²) in [4.78, 5) is 17.5. The van der Waals surface area contributed by atoms with Gasteiger partial charge in [-0.2, -0.15) is 0 Å². The van der Waals surface area contributed by atoms with Gasteiger partial charge in [-0.25, -0.2) is 0 Å². The van der Waals surface area contributed by atoms with E-state index in [9.17, 15) is 4.79 Å². The summed E-state index contributed by atoms with van der Waals surface area (Å²) in [5.74, 6) is -0.000342. The number of hydrogen-bond donors (Lipinski definition) is 1. The molecule has 4 nitrogen and oxygen atoms in total. The van der Waals surface area contributed by atoms with Crippen LogP contribution in [0.5, 0.6) is 0 Å². The molecule has 2 aromatic rings. The van der Waals surface area contributed by atoms with E-state index in [-0.39, 0.29) is 11.9 Å². The zero-order valence-corrected chi connectivity index (χ0v) is 16.9. The van der Waals surface area contributed by atoms with Gasteiger partial charge in [-0.3, -0.25) is 4.79 Å². The Morgan fingerprint density at radius 3 is 2.48 bits per heavy atom. The van der Waals surface area contributed by atoms with E-state index >= 15 is 0 Å². The molecular weight excluding hydrogens is 358 g/mol. The van der Waals surface area contributed by atoms with E-state index in [4.69, 9.17) is 17.3 Å². The summed E-state index contributed by atoms with van der Waals surface area (Å²) in [5, 5.41) is 0.503.